The molecule has 3 rings (SSSR count). The molecule has 1 aliphatic heterocycles. The molecule has 1 saturated heterocycles. The van der Waals surface area contributed by atoms with Gasteiger partial charge in [-0.1, -0.05) is 19.8 Å². The zero-order valence-corrected chi connectivity index (χ0v) is 14.5. The van der Waals surface area contributed by atoms with Crippen molar-refractivity contribution in [3.63, 3.8) is 0 Å². The van der Waals surface area contributed by atoms with E-state index in [1.807, 2.05) is 6.07 Å². The highest BCUT2D eigenvalue weighted by atomic mass is 79.9. The van der Waals surface area contributed by atoms with E-state index in [-0.39, 0.29) is 11.4 Å². The standard InChI is InChI=1S/C17H24BrFN2/c1-3-13-10-20-17(6-4-5-7-17)11-21(13)16-9-15(19)14(18)8-12(16)2/h8-9,13,20H,3-7,10-11H2,1-2H3. The molecule has 0 amide bonds. The number of nitrogens with zero attached hydrogens (tertiary/aromatic N) is 1. The monoisotopic (exact) mass is 354 g/mol. The largest absolute Gasteiger partial charge is 0.365 e. The third kappa shape index (κ3) is 2.85. The molecule has 1 saturated carbocycles. The Kier molecular flexibility index (Phi) is 4.28. The van der Waals surface area contributed by atoms with Crippen LogP contribution in [0.4, 0.5) is 10.1 Å². The van der Waals surface area contributed by atoms with Gasteiger partial charge in [0.15, 0.2) is 0 Å². The quantitative estimate of drug-likeness (QED) is 0.846. The molecule has 0 aromatic heterocycles. The molecule has 1 N–H and O–H groups in total. The number of halogens is 2. The number of hydrogen-bond donors (Lipinski definition) is 1. The van der Waals surface area contributed by atoms with Gasteiger partial charge in [-0.25, -0.2) is 4.39 Å². The molecule has 1 atom stereocenters. The van der Waals surface area contributed by atoms with Crippen molar-refractivity contribution in [2.45, 2.75) is 57.5 Å². The van der Waals surface area contributed by atoms with E-state index in [0.717, 1.165) is 30.8 Å². The van der Waals surface area contributed by atoms with Crippen molar-refractivity contribution >= 4 is 21.6 Å². The van der Waals surface area contributed by atoms with Crippen molar-refractivity contribution < 1.29 is 4.39 Å². The molecule has 4 heteroatoms. The van der Waals surface area contributed by atoms with Crippen LogP contribution in [0.2, 0.25) is 0 Å². The molecule has 1 aromatic rings. The molecule has 1 aromatic carbocycles. The number of anilines is 1. The van der Waals surface area contributed by atoms with Crippen molar-refractivity contribution in [1.82, 2.24) is 5.32 Å². The number of nitrogens with one attached hydrogen (secondary N) is 1. The Labute approximate surface area is 135 Å². The van der Waals surface area contributed by atoms with Gasteiger partial charge in [-0.05, 0) is 59.8 Å². The summed E-state index contributed by atoms with van der Waals surface area (Å²) < 4.78 is 14.6. The van der Waals surface area contributed by atoms with Crippen molar-refractivity contribution in [1.29, 1.82) is 0 Å². The van der Waals surface area contributed by atoms with Crippen LogP contribution in [0.25, 0.3) is 0 Å². The molecule has 1 heterocycles. The van der Waals surface area contributed by atoms with Gasteiger partial charge in [-0.15, -0.1) is 0 Å². The highest BCUT2D eigenvalue weighted by Crippen LogP contribution is 2.37. The second-order valence-corrected chi connectivity index (χ2v) is 7.47. The normalized spacial score (nSPS) is 24.8. The predicted molar refractivity (Wildman–Crippen MR) is 89.5 cm³/mol. The maximum atomic E-state index is 14.0. The summed E-state index contributed by atoms with van der Waals surface area (Å²) in [7, 11) is 0. The lowest BCUT2D eigenvalue weighted by Crippen LogP contribution is -2.63. The van der Waals surface area contributed by atoms with E-state index in [1.165, 1.54) is 25.7 Å². The fraction of sp³-hybridized carbons (Fsp3) is 0.647. The van der Waals surface area contributed by atoms with E-state index in [2.05, 4.69) is 40.0 Å². The van der Waals surface area contributed by atoms with Crippen molar-refractivity contribution in [3.8, 4) is 0 Å². The van der Waals surface area contributed by atoms with E-state index in [0.29, 0.717) is 10.5 Å². The van der Waals surface area contributed by atoms with Crippen LogP contribution in [-0.2, 0) is 0 Å². The van der Waals surface area contributed by atoms with Crippen LogP contribution in [-0.4, -0.2) is 24.7 Å². The molecule has 0 bridgehead atoms. The number of aryl methyl sites for hydroxylation is 1. The van der Waals surface area contributed by atoms with E-state index in [9.17, 15) is 4.39 Å². The number of rotatable bonds is 2. The van der Waals surface area contributed by atoms with E-state index < -0.39 is 0 Å². The zero-order chi connectivity index (χ0) is 15.0. The topological polar surface area (TPSA) is 15.3 Å². The summed E-state index contributed by atoms with van der Waals surface area (Å²) in [6.07, 6.45) is 6.20. The van der Waals surface area contributed by atoms with Gasteiger partial charge in [0, 0.05) is 30.4 Å². The number of benzene rings is 1. The van der Waals surface area contributed by atoms with Gasteiger partial charge in [-0.3, -0.25) is 0 Å². The number of piperazine rings is 1. The van der Waals surface area contributed by atoms with Gasteiger partial charge in [-0.2, -0.15) is 0 Å². The summed E-state index contributed by atoms with van der Waals surface area (Å²) in [6.45, 7) is 6.31. The van der Waals surface area contributed by atoms with Gasteiger partial charge in [0.1, 0.15) is 5.82 Å². The van der Waals surface area contributed by atoms with Crippen LogP contribution in [0.15, 0.2) is 16.6 Å². The molecule has 1 spiro atoms. The van der Waals surface area contributed by atoms with Crippen molar-refractivity contribution in [3.05, 3.63) is 28.0 Å². The first kappa shape index (κ1) is 15.3. The number of hydrogen-bond acceptors (Lipinski definition) is 2. The van der Waals surface area contributed by atoms with Crippen LogP contribution in [0, 0.1) is 12.7 Å². The van der Waals surface area contributed by atoms with Crippen LogP contribution in [0.1, 0.15) is 44.6 Å². The maximum absolute atomic E-state index is 14.0. The van der Waals surface area contributed by atoms with Crippen LogP contribution in [0.3, 0.4) is 0 Å². The molecule has 2 fully saturated rings. The molecular weight excluding hydrogens is 331 g/mol. The van der Waals surface area contributed by atoms with Gasteiger partial charge in [0.05, 0.1) is 4.47 Å². The van der Waals surface area contributed by atoms with Gasteiger partial charge in [0.2, 0.25) is 0 Å². The van der Waals surface area contributed by atoms with Gasteiger partial charge < -0.3 is 10.2 Å². The van der Waals surface area contributed by atoms with E-state index >= 15 is 0 Å². The highest BCUT2D eigenvalue weighted by Gasteiger charge is 2.41. The van der Waals surface area contributed by atoms with E-state index in [1.54, 1.807) is 6.07 Å². The molecule has 1 aliphatic carbocycles. The minimum Gasteiger partial charge on any atom is -0.365 e. The lowest BCUT2D eigenvalue weighted by molar-refractivity contribution is 0.267. The predicted octanol–water partition coefficient (Wildman–Crippen LogP) is 4.40. The first-order chi connectivity index (χ1) is 10.0. The average Bonchev–Trinajstić information content (AvgIpc) is 2.91. The van der Waals surface area contributed by atoms with Crippen LogP contribution >= 0.6 is 15.9 Å². The van der Waals surface area contributed by atoms with Crippen molar-refractivity contribution in [2.75, 3.05) is 18.0 Å². The average molecular weight is 355 g/mol. The van der Waals surface area contributed by atoms with Crippen molar-refractivity contribution in [2.24, 2.45) is 0 Å². The molecule has 2 aliphatic rings. The molecular formula is C17H24BrFN2. The zero-order valence-electron chi connectivity index (χ0n) is 12.9. The molecule has 1 unspecified atom stereocenters. The van der Waals surface area contributed by atoms with E-state index in [4.69, 9.17) is 0 Å². The summed E-state index contributed by atoms with van der Waals surface area (Å²) in [6, 6.07) is 4.06. The second kappa shape index (κ2) is 5.88. The Morgan fingerprint density at radius 1 is 1.38 bits per heavy atom. The summed E-state index contributed by atoms with van der Waals surface area (Å²) in [5.41, 5.74) is 2.47. The van der Waals surface area contributed by atoms with Gasteiger partial charge >= 0.3 is 0 Å². The maximum Gasteiger partial charge on any atom is 0.139 e. The first-order valence-corrected chi connectivity index (χ1v) is 8.81. The lowest BCUT2D eigenvalue weighted by atomic mass is 9.90. The Morgan fingerprint density at radius 3 is 2.76 bits per heavy atom. The highest BCUT2D eigenvalue weighted by molar-refractivity contribution is 9.10. The first-order valence-electron chi connectivity index (χ1n) is 8.02. The molecule has 0 radical (unpaired) electrons. The molecule has 21 heavy (non-hydrogen) atoms. The van der Waals surface area contributed by atoms with Gasteiger partial charge in [0.25, 0.3) is 0 Å². The fourth-order valence-electron chi connectivity index (χ4n) is 3.93. The Hall–Kier alpha value is -0.610. The van der Waals surface area contributed by atoms with Crippen LogP contribution < -0.4 is 10.2 Å². The smallest absolute Gasteiger partial charge is 0.139 e. The SMILES string of the molecule is CCC1CNC2(CCCC2)CN1c1cc(F)c(Br)cc1C. The summed E-state index contributed by atoms with van der Waals surface area (Å²) >= 11 is 3.29. The minimum absolute atomic E-state index is 0.163. The summed E-state index contributed by atoms with van der Waals surface area (Å²) in [5, 5.41) is 3.80. The van der Waals surface area contributed by atoms with Crippen LogP contribution in [0.5, 0.6) is 0 Å². The minimum atomic E-state index is -0.163. The second-order valence-electron chi connectivity index (χ2n) is 6.61. The summed E-state index contributed by atoms with van der Waals surface area (Å²) in [4.78, 5) is 2.45. The third-order valence-corrected chi connectivity index (χ3v) is 5.81. The summed E-state index contributed by atoms with van der Waals surface area (Å²) in [5.74, 6) is -0.163. The Balaban J connectivity index is 1.94. The molecule has 2 nitrogen and oxygen atoms in total. The lowest BCUT2D eigenvalue weighted by Gasteiger charge is -2.48. The fourth-order valence-corrected chi connectivity index (χ4v) is 4.39. The Bertz CT molecular complexity index is 526. The Morgan fingerprint density at radius 2 is 2.10 bits per heavy atom. The molecule has 116 valence electrons. The third-order valence-electron chi connectivity index (χ3n) is 5.21.